The van der Waals surface area contributed by atoms with Gasteiger partial charge in [0.1, 0.15) is 5.84 Å². The number of carbonyl (C=O) groups excluding carboxylic acids is 1. The molecule has 4 rings (SSSR count). The molecule has 2 N–H and O–H groups in total. The molecule has 0 spiro atoms. The molecular formula is C21H21N5O5. The predicted molar refractivity (Wildman–Crippen MR) is 113 cm³/mol. The summed E-state index contributed by atoms with van der Waals surface area (Å²) in [4.78, 5) is 22.9. The molecule has 1 fully saturated rings. The van der Waals surface area contributed by atoms with E-state index in [2.05, 4.69) is 10.5 Å². The number of nitro benzene ring substituents is 1. The quantitative estimate of drug-likeness (QED) is 0.200. The molecule has 1 unspecified atom stereocenters. The molecule has 1 saturated heterocycles. The minimum absolute atomic E-state index is 0.0953. The maximum atomic E-state index is 12.6. The second-order valence-electron chi connectivity index (χ2n) is 7.29. The van der Waals surface area contributed by atoms with Crippen molar-refractivity contribution in [3.05, 3.63) is 64.3 Å². The van der Waals surface area contributed by atoms with E-state index >= 15 is 0 Å². The first-order valence-electron chi connectivity index (χ1n) is 10.3. The molecule has 2 aromatic carbocycles. The third-order valence-electron chi connectivity index (χ3n) is 5.19. The molecule has 1 aromatic heterocycles. The van der Waals surface area contributed by atoms with Gasteiger partial charge < -0.3 is 4.74 Å². The SMILES string of the molecule is [H]/N=C(/CC(=O)c1cccc([N+](=O)[O-])c1)N(O)c1ccc2c(cnn2C2CCCCO2)c1. The van der Waals surface area contributed by atoms with Crippen LogP contribution in [0.1, 0.15) is 42.3 Å². The number of nitrogens with zero attached hydrogens (tertiary/aromatic N) is 4. The minimum atomic E-state index is -0.595. The third-order valence-corrected chi connectivity index (χ3v) is 5.19. The van der Waals surface area contributed by atoms with E-state index in [-0.39, 0.29) is 23.3 Å². The number of hydrogen-bond donors (Lipinski definition) is 2. The van der Waals surface area contributed by atoms with Gasteiger partial charge in [-0.2, -0.15) is 5.10 Å². The number of carbonyl (C=O) groups is 1. The monoisotopic (exact) mass is 423 g/mol. The Balaban J connectivity index is 1.53. The summed E-state index contributed by atoms with van der Waals surface area (Å²) in [7, 11) is 0. The molecule has 2 heterocycles. The van der Waals surface area contributed by atoms with Crippen molar-refractivity contribution in [1.82, 2.24) is 9.78 Å². The zero-order chi connectivity index (χ0) is 22.7. The van der Waals surface area contributed by atoms with Crippen LogP contribution in [0.2, 0.25) is 1.41 Å². The van der Waals surface area contributed by atoms with Crippen molar-refractivity contribution in [2.75, 3.05) is 11.7 Å². The number of nitrogens with one attached hydrogen (secondary N) is 1. The van der Waals surface area contributed by atoms with E-state index in [0.717, 1.165) is 36.2 Å². The maximum absolute atomic E-state index is 12.6. The van der Waals surface area contributed by atoms with Gasteiger partial charge in [-0.3, -0.25) is 25.5 Å². The van der Waals surface area contributed by atoms with Crippen molar-refractivity contribution in [2.24, 2.45) is 0 Å². The Morgan fingerprint density at radius 2 is 2.26 bits per heavy atom. The molecule has 0 amide bonds. The minimum Gasteiger partial charge on any atom is -0.356 e. The van der Waals surface area contributed by atoms with Crippen LogP contribution in [-0.2, 0) is 4.74 Å². The molecule has 0 aliphatic carbocycles. The molecule has 1 aliphatic rings. The van der Waals surface area contributed by atoms with Gasteiger partial charge in [0.25, 0.3) is 5.69 Å². The Morgan fingerprint density at radius 3 is 3.00 bits per heavy atom. The van der Waals surface area contributed by atoms with Gasteiger partial charge in [-0.05, 0) is 37.5 Å². The number of amidine groups is 1. The molecule has 1 aliphatic heterocycles. The smallest absolute Gasteiger partial charge is 0.270 e. The zero-order valence-corrected chi connectivity index (χ0v) is 16.5. The summed E-state index contributed by atoms with van der Waals surface area (Å²) in [5.74, 6) is -0.731. The summed E-state index contributed by atoms with van der Waals surface area (Å²) >= 11 is 0. The molecular weight excluding hydrogens is 402 g/mol. The molecule has 0 bridgehead atoms. The van der Waals surface area contributed by atoms with Crippen molar-refractivity contribution in [1.29, 1.82) is 5.40 Å². The number of fused-ring (bicyclic) bond motifs is 1. The lowest BCUT2D eigenvalue weighted by atomic mass is 10.1. The Labute approximate surface area is 178 Å². The van der Waals surface area contributed by atoms with Crippen molar-refractivity contribution in [3.8, 4) is 0 Å². The first kappa shape index (κ1) is 19.3. The second-order valence-corrected chi connectivity index (χ2v) is 7.29. The second kappa shape index (κ2) is 8.62. The van der Waals surface area contributed by atoms with Crippen molar-refractivity contribution >= 4 is 33.9 Å². The standard InChI is InChI=1S/C21H21N5O5/c22-20(12-19(27)14-4-3-5-17(10-14)26(29)30)25(28)16-7-8-18-15(11-16)13-23-24(18)21-6-1-2-9-31-21/h3-5,7-8,10-11,13,21-22,28H,1-2,6,9,12H2/b22-20-. The van der Waals surface area contributed by atoms with E-state index in [4.69, 9.17) is 6.15 Å². The van der Waals surface area contributed by atoms with Crippen LogP contribution in [-0.4, -0.2) is 38.1 Å². The van der Waals surface area contributed by atoms with Crippen LogP contribution in [0.15, 0.2) is 48.7 Å². The molecule has 3 aromatic rings. The molecule has 1 atom stereocenters. The Bertz CT molecular complexity index is 1190. The number of ketones is 1. The highest BCUT2D eigenvalue weighted by atomic mass is 16.6. The number of anilines is 1. The molecule has 31 heavy (non-hydrogen) atoms. The number of benzene rings is 2. The van der Waals surface area contributed by atoms with Gasteiger partial charge in [-0.25, -0.2) is 9.75 Å². The molecule has 0 saturated carbocycles. The van der Waals surface area contributed by atoms with Crippen LogP contribution in [0.3, 0.4) is 0 Å². The van der Waals surface area contributed by atoms with Crippen LogP contribution in [0.5, 0.6) is 0 Å². The fourth-order valence-electron chi connectivity index (χ4n) is 3.58. The first-order chi connectivity index (χ1) is 15.5. The topological polar surface area (TPSA) is 135 Å². The highest BCUT2D eigenvalue weighted by molar-refractivity contribution is 6.12. The van der Waals surface area contributed by atoms with Gasteiger partial charge in [-0.15, -0.1) is 0 Å². The summed E-state index contributed by atoms with van der Waals surface area (Å²) < 4.78 is 15.0. The summed E-state index contributed by atoms with van der Waals surface area (Å²) in [6.07, 6.45) is 4.10. The average Bonchev–Trinajstić information content (AvgIpc) is 3.26. The number of Topliss-reactive ketones (excluding diaryl/α,β-unsaturated/α-hetero) is 1. The Hall–Kier alpha value is -3.63. The van der Waals surface area contributed by atoms with E-state index in [0.29, 0.717) is 17.4 Å². The number of ether oxygens (including phenoxy) is 1. The van der Waals surface area contributed by atoms with E-state index in [1.165, 1.54) is 18.2 Å². The van der Waals surface area contributed by atoms with Gasteiger partial charge in [0.15, 0.2) is 13.4 Å². The highest BCUT2D eigenvalue weighted by Gasteiger charge is 2.21. The summed E-state index contributed by atoms with van der Waals surface area (Å²) in [6.45, 7) is 0.691. The average molecular weight is 423 g/mol. The fourth-order valence-corrected chi connectivity index (χ4v) is 3.58. The van der Waals surface area contributed by atoms with Gasteiger partial charge in [-0.1, -0.05) is 12.1 Å². The maximum Gasteiger partial charge on any atom is 0.270 e. The van der Waals surface area contributed by atoms with E-state index < -0.39 is 17.1 Å². The first-order valence-corrected chi connectivity index (χ1v) is 9.84. The summed E-state index contributed by atoms with van der Waals surface area (Å²) in [6, 6.07) is 10.4. The lowest BCUT2D eigenvalue weighted by Gasteiger charge is -2.23. The number of nitro groups is 1. The molecule has 10 nitrogen and oxygen atoms in total. The van der Waals surface area contributed by atoms with Gasteiger partial charge >= 0.3 is 0 Å². The van der Waals surface area contributed by atoms with Crippen LogP contribution in [0, 0.1) is 15.5 Å². The fraction of sp³-hybridized carbons (Fsp3) is 0.286. The van der Waals surface area contributed by atoms with E-state index in [1.54, 1.807) is 24.4 Å². The lowest BCUT2D eigenvalue weighted by Crippen LogP contribution is -2.28. The number of hydrogen-bond acceptors (Lipinski definition) is 7. The highest BCUT2D eigenvalue weighted by Crippen LogP contribution is 2.28. The third kappa shape index (κ3) is 4.30. The predicted octanol–water partition coefficient (Wildman–Crippen LogP) is 4.09. The van der Waals surface area contributed by atoms with Gasteiger partial charge in [0.05, 0.1) is 28.7 Å². The van der Waals surface area contributed by atoms with Gasteiger partial charge in [0.2, 0.25) is 0 Å². The normalized spacial score (nSPS) is 17.4. The van der Waals surface area contributed by atoms with E-state index in [9.17, 15) is 20.1 Å². The van der Waals surface area contributed by atoms with Crippen molar-refractivity contribution in [2.45, 2.75) is 31.9 Å². The number of aromatic nitrogens is 2. The Kier molecular flexibility index (Phi) is 5.38. The van der Waals surface area contributed by atoms with Crippen molar-refractivity contribution in [3.63, 3.8) is 0 Å². The van der Waals surface area contributed by atoms with Crippen LogP contribution < -0.4 is 5.06 Å². The van der Waals surface area contributed by atoms with Gasteiger partial charge in [0, 0.05) is 29.7 Å². The lowest BCUT2D eigenvalue weighted by molar-refractivity contribution is -0.384. The number of hydroxylamine groups is 1. The van der Waals surface area contributed by atoms with Crippen LogP contribution >= 0.6 is 0 Å². The molecule has 0 radical (unpaired) electrons. The summed E-state index contributed by atoms with van der Waals surface area (Å²) in [5, 5.41) is 30.7. The summed E-state index contributed by atoms with van der Waals surface area (Å²) in [5.41, 5.74) is 1.02. The van der Waals surface area contributed by atoms with Crippen molar-refractivity contribution < 1.29 is 21.1 Å². The largest absolute Gasteiger partial charge is 0.356 e. The van der Waals surface area contributed by atoms with E-state index in [1.807, 2.05) is 4.68 Å². The molecule has 160 valence electrons. The number of non-ortho nitro benzene ring substituents is 1. The van der Waals surface area contributed by atoms with Crippen LogP contribution in [0.4, 0.5) is 11.4 Å². The Morgan fingerprint density at radius 1 is 1.39 bits per heavy atom. The van der Waals surface area contributed by atoms with Crippen LogP contribution in [0.25, 0.3) is 10.9 Å². The molecule has 10 heteroatoms. The number of rotatable bonds is 6. The zero-order valence-electron chi connectivity index (χ0n) is 17.5.